The maximum atomic E-state index is 13.3. The van der Waals surface area contributed by atoms with E-state index in [-0.39, 0.29) is 5.56 Å². The van der Waals surface area contributed by atoms with Gasteiger partial charge in [0.15, 0.2) is 4.80 Å². The lowest BCUT2D eigenvalue weighted by Gasteiger charge is -2.44. The van der Waals surface area contributed by atoms with Crippen molar-refractivity contribution in [1.82, 2.24) is 4.57 Å². The van der Waals surface area contributed by atoms with E-state index in [0.717, 1.165) is 11.3 Å². The van der Waals surface area contributed by atoms with Crippen LogP contribution in [0, 0.1) is 12.8 Å². The largest absolute Gasteiger partial charge is 0.469 e. The van der Waals surface area contributed by atoms with Crippen molar-refractivity contribution in [2.24, 2.45) is 10.9 Å². The third kappa shape index (κ3) is 2.59. The van der Waals surface area contributed by atoms with Gasteiger partial charge >= 0.3 is 5.97 Å². The van der Waals surface area contributed by atoms with Crippen LogP contribution in [-0.4, -0.2) is 23.4 Å². The average Bonchev–Trinajstić information content (AvgIpc) is 3.23. The Hall–Kier alpha value is -3.13. The zero-order valence-corrected chi connectivity index (χ0v) is 16.9. The SMILES string of the molecule is COC(=O)[C@H]1[C@@H]2c3ccccc3O[C@@]1(C)N=c1s/c(=C\c3ccc(C)o3)c(=O)n12. The molecule has 2 bridgehead atoms. The number of hydrogen-bond acceptors (Lipinski definition) is 7. The van der Waals surface area contributed by atoms with Crippen molar-refractivity contribution in [2.45, 2.75) is 25.6 Å². The highest BCUT2D eigenvalue weighted by Gasteiger charge is 2.55. The van der Waals surface area contributed by atoms with Crippen LogP contribution in [0.1, 0.15) is 30.0 Å². The van der Waals surface area contributed by atoms with Crippen LogP contribution in [0.2, 0.25) is 0 Å². The number of carbonyl (C=O) groups is 1. The molecule has 0 radical (unpaired) electrons. The smallest absolute Gasteiger partial charge is 0.317 e. The predicted octanol–water partition coefficient (Wildman–Crippen LogP) is 1.76. The van der Waals surface area contributed by atoms with Crippen LogP contribution < -0.4 is 19.6 Å². The molecule has 0 saturated heterocycles. The number of fused-ring (bicyclic) bond motifs is 6. The summed E-state index contributed by atoms with van der Waals surface area (Å²) in [6, 6.07) is 10.5. The number of para-hydroxylation sites is 1. The van der Waals surface area contributed by atoms with Gasteiger partial charge in [0.05, 0.1) is 17.7 Å². The summed E-state index contributed by atoms with van der Waals surface area (Å²) < 4.78 is 18.9. The molecular formula is C21H18N2O5S. The number of nitrogens with zero attached hydrogens (tertiary/aromatic N) is 2. The van der Waals surface area contributed by atoms with Crippen LogP contribution in [0.25, 0.3) is 6.08 Å². The van der Waals surface area contributed by atoms with Gasteiger partial charge < -0.3 is 13.9 Å². The number of carbonyl (C=O) groups excluding carboxylic acids is 1. The summed E-state index contributed by atoms with van der Waals surface area (Å²) in [6.07, 6.45) is 1.70. The molecule has 2 aliphatic heterocycles. The summed E-state index contributed by atoms with van der Waals surface area (Å²) in [7, 11) is 1.33. The second-order valence-electron chi connectivity index (χ2n) is 7.27. The first-order valence-corrected chi connectivity index (χ1v) is 9.98. The number of thiazole rings is 1. The van der Waals surface area contributed by atoms with Crippen molar-refractivity contribution in [1.29, 1.82) is 0 Å². The first-order valence-electron chi connectivity index (χ1n) is 9.16. The number of esters is 1. The van der Waals surface area contributed by atoms with Gasteiger partial charge in [-0.1, -0.05) is 29.5 Å². The van der Waals surface area contributed by atoms with E-state index in [2.05, 4.69) is 4.99 Å². The number of aryl methyl sites for hydroxylation is 1. The fourth-order valence-corrected chi connectivity index (χ4v) is 5.17. The van der Waals surface area contributed by atoms with E-state index in [4.69, 9.17) is 13.9 Å². The third-order valence-corrected chi connectivity index (χ3v) is 6.35. The Morgan fingerprint density at radius 3 is 2.83 bits per heavy atom. The highest BCUT2D eigenvalue weighted by Crippen LogP contribution is 2.47. The highest BCUT2D eigenvalue weighted by molar-refractivity contribution is 7.07. The predicted molar refractivity (Wildman–Crippen MR) is 105 cm³/mol. The quantitative estimate of drug-likeness (QED) is 0.601. The van der Waals surface area contributed by atoms with Crippen molar-refractivity contribution >= 4 is 23.4 Å². The van der Waals surface area contributed by atoms with Crippen LogP contribution in [0.15, 0.2) is 50.6 Å². The topological polar surface area (TPSA) is 83.0 Å². The summed E-state index contributed by atoms with van der Waals surface area (Å²) in [5.74, 6) is 0.723. The van der Waals surface area contributed by atoms with Gasteiger partial charge in [0.2, 0.25) is 5.72 Å². The Kier molecular flexibility index (Phi) is 3.82. The number of methoxy groups -OCH3 is 1. The number of furan rings is 1. The Bertz CT molecular complexity index is 1320. The third-order valence-electron chi connectivity index (χ3n) is 5.37. The molecule has 0 fully saturated rings. The van der Waals surface area contributed by atoms with Crippen molar-refractivity contribution in [3.8, 4) is 5.75 Å². The van der Waals surface area contributed by atoms with Gasteiger partial charge in [-0.3, -0.25) is 14.2 Å². The number of benzene rings is 1. The minimum Gasteiger partial charge on any atom is -0.469 e. The van der Waals surface area contributed by atoms with Gasteiger partial charge in [-0.05, 0) is 32.0 Å². The van der Waals surface area contributed by atoms with Crippen LogP contribution >= 0.6 is 11.3 Å². The van der Waals surface area contributed by atoms with E-state index in [0.29, 0.717) is 20.8 Å². The molecule has 7 nitrogen and oxygen atoms in total. The van der Waals surface area contributed by atoms with Gasteiger partial charge in [0, 0.05) is 11.6 Å². The highest BCUT2D eigenvalue weighted by atomic mass is 32.1. The molecule has 148 valence electrons. The van der Waals surface area contributed by atoms with Crippen molar-refractivity contribution in [2.75, 3.05) is 7.11 Å². The van der Waals surface area contributed by atoms with Crippen molar-refractivity contribution in [3.05, 3.63) is 73.2 Å². The van der Waals surface area contributed by atoms with E-state index in [1.54, 1.807) is 17.6 Å². The molecule has 0 N–H and O–H groups in total. The first kappa shape index (κ1) is 17.9. The van der Waals surface area contributed by atoms with Gasteiger partial charge in [-0.2, -0.15) is 0 Å². The number of hydrogen-bond donors (Lipinski definition) is 0. The van der Waals surface area contributed by atoms with Gasteiger partial charge in [-0.15, -0.1) is 0 Å². The van der Waals surface area contributed by atoms with Crippen LogP contribution in [0.3, 0.4) is 0 Å². The molecule has 3 aromatic rings. The summed E-state index contributed by atoms with van der Waals surface area (Å²) in [5, 5.41) is 0. The zero-order chi connectivity index (χ0) is 20.3. The molecule has 29 heavy (non-hydrogen) atoms. The van der Waals surface area contributed by atoms with Crippen LogP contribution in [-0.2, 0) is 9.53 Å². The Labute approximate surface area is 169 Å². The summed E-state index contributed by atoms with van der Waals surface area (Å²) in [6.45, 7) is 3.60. The maximum Gasteiger partial charge on any atom is 0.317 e. The summed E-state index contributed by atoms with van der Waals surface area (Å²) in [5.41, 5.74) is -0.626. The van der Waals surface area contributed by atoms with Crippen molar-refractivity contribution in [3.63, 3.8) is 0 Å². The molecule has 0 saturated carbocycles. The minimum absolute atomic E-state index is 0.222. The molecule has 3 atom stereocenters. The second-order valence-corrected chi connectivity index (χ2v) is 8.28. The molecular weight excluding hydrogens is 392 g/mol. The Balaban J connectivity index is 1.81. The van der Waals surface area contributed by atoms with E-state index in [9.17, 15) is 9.59 Å². The molecule has 0 unspecified atom stereocenters. The Morgan fingerprint density at radius 1 is 1.31 bits per heavy atom. The standard InChI is InChI=1S/C21H18N2O5S/c1-11-8-9-12(27-11)10-15-18(24)23-17-13-6-4-5-7-14(13)28-21(2,22-20(23)29-15)16(17)19(25)26-3/h4-10,16-17H,1-3H3/b15-10-/t16-,17+,21-/m1/s1. The van der Waals surface area contributed by atoms with Crippen molar-refractivity contribution < 1.29 is 18.7 Å². The fraction of sp³-hybridized carbons (Fsp3) is 0.286. The van der Waals surface area contributed by atoms with E-state index < -0.39 is 23.7 Å². The zero-order valence-electron chi connectivity index (χ0n) is 16.0. The molecule has 0 spiro atoms. The molecule has 0 aliphatic carbocycles. The number of aromatic nitrogens is 1. The molecule has 5 rings (SSSR count). The normalized spacial score (nSPS) is 24.9. The van der Waals surface area contributed by atoms with Gasteiger partial charge in [-0.25, -0.2) is 4.99 Å². The van der Waals surface area contributed by atoms with Crippen LogP contribution in [0.5, 0.6) is 5.75 Å². The summed E-state index contributed by atoms with van der Waals surface area (Å²) >= 11 is 1.25. The van der Waals surface area contributed by atoms with E-state index in [1.165, 1.54) is 18.4 Å². The number of ether oxygens (including phenoxy) is 2. The first-order chi connectivity index (χ1) is 13.9. The average molecular weight is 410 g/mol. The second kappa shape index (κ2) is 6.18. The summed E-state index contributed by atoms with van der Waals surface area (Å²) in [4.78, 5) is 31.3. The molecule has 0 amide bonds. The maximum absolute atomic E-state index is 13.3. The molecule has 8 heteroatoms. The van der Waals surface area contributed by atoms with E-state index >= 15 is 0 Å². The lowest BCUT2D eigenvalue weighted by Crippen LogP contribution is -2.58. The fourth-order valence-electron chi connectivity index (χ4n) is 4.09. The van der Waals surface area contributed by atoms with E-state index in [1.807, 2.05) is 43.3 Å². The molecule has 2 aromatic heterocycles. The molecule has 1 aromatic carbocycles. The monoisotopic (exact) mass is 410 g/mol. The molecule has 4 heterocycles. The van der Waals surface area contributed by atoms with Gasteiger partial charge in [0.25, 0.3) is 5.56 Å². The molecule has 2 aliphatic rings. The van der Waals surface area contributed by atoms with Crippen LogP contribution in [0.4, 0.5) is 0 Å². The lowest BCUT2D eigenvalue weighted by atomic mass is 9.81. The Morgan fingerprint density at radius 2 is 2.10 bits per heavy atom. The van der Waals surface area contributed by atoms with Gasteiger partial charge in [0.1, 0.15) is 23.2 Å². The minimum atomic E-state index is -1.16. The lowest BCUT2D eigenvalue weighted by molar-refractivity contribution is -0.158. The number of rotatable bonds is 2.